The van der Waals surface area contributed by atoms with E-state index in [1.807, 2.05) is 35.7 Å². The average Bonchev–Trinajstić information content (AvgIpc) is 2.99. The Kier molecular flexibility index (Phi) is 2.66. The van der Waals surface area contributed by atoms with Gasteiger partial charge in [-0.2, -0.15) is 0 Å². The Morgan fingerprint density at radius 1 is 1.18 bits per heavy atom. The molecule has 17 heavy (non-hydrogen) atoms. The number of thiazole rings is 1. The highest BCUT2D eigenvalue weighted by molar-refractivity contribution is 7.13. The maximum absolute atomic E-state index is 6.13. The second kappa shape index (κ2) is 4.31. The molecule has 3 aromatic rings. The molecule has 5 heteroatoms. The van der Waals surface area contributed by atoms with Gasteiger partial charge in [0.2, 0.25) is 0 Å². The van der Waals surface area contributed by atoms with Crippen LogP contribution in [0.15, 0.2) is 41.9 Å². The molecule has 3 nitrogen and oxygen atoms in total. The normalized spacial score (nSPS) is 10.6. The van der Waals surface area contributed by atoms with E-state index in [2.05, 4.69) is 15.0 Å². The van der Waals surface area contributed by atoms with E-state index in [1.165, 1.54) is 11.3 Å². The van der Waals surface area contributed by atoms with Crippen LogP contribution in [0.5, 0.6) is 0 Å². The fourth-order valence-electron chi connectivity index (χ4n) is 1.59. The summed E-state index contributed by atoms with van der Waals surface area (Å²) in [6, 6.07) is 9.89. The molecule has 0 spiro atoms. The van der Waals surface area contributed by atoms with Crippen molar-refractivity contribution in [3.05, 3.63) is 47.1 Å². The first-order valence-corrected chi connectivity index (χ1v) is 6.31. The lowest BCUT2D eigenvalue weighted by Crippen LogP contribution is -1.79. The molecule has 2 aromatic heterocycles. The van der Waals surface area contributed by atoms with Gasteiger partial charge in [-0.3, -0.25) is 0 Å². The van der Waals surface area contributed by atoms with Crippen LogP contribution in [0.3, 0.4) is 0 Å². The van der Waals surface area contributed by atoms with Crippen molar-refractivity contribution in [1.29, 1.82) is 0 Å². The number of halogens is 1. The number of rotatable bonds is 2. The molecule has 1 N–H and O–H groups in total. The van der Waals surface area contributed by atoms with Crippen molar-refractivity contribution in [1.82, 2.24) is 15.0 Å². The quantitative estimate of drug-likeness (QED) is 0.761. The highest BCUT2D eigenvalue weighted by Gasteiger charge is 2.12. The van der Waals surface area contributed by atoms with Crippen molar-refractivity contribution >= 4 is 22.9 Å². The third-order valence-electron chi connectivity index (χ3n) is 2.36. The zero-order valence-electron chi connectivity index (χ0n) is 8.72. The maximum Gasteiger partial charge on any atom is 0.168 e. The van der Waals surface area contributed by atoms with E-state index in [0.717, 1.165) is 16.3 Å². The molecule has 84 valence electrons. The fourth-order valence-corrected chi connectivity index (χ4v) is 2.41. The minimum Gasteiger partial charge on any atom is -0.335 e. The number of H-pyrrole nitrogens is 1. The molecular weight excluding hydrogens is 254 g/mol. The van der Waals surface area contributed by atoms with Crippen molar-refractivity contribution in [2.45, 2.75) is 0 Å². The van der Waals surface area contributed by atoms with Crippen LogP contribution >= 0.6 is 22.9 Å². The number of nitrogens with zero attached hydrogens (tertiary/aromatic N) is 2. The lowest BCUT2D eigenvalue weighted by atomic mass is 10.2. The molecular formula is C12H8ClN3S. The van der Waals surface area contributed by atoms with Crippen LogP contribution in [0.25, 0.3) is 22.1 Å². The fraction of sp³-hybridized carbons (Fsp3) is 0. The van der Waals surface area contributed by atoms with Gasteiger partial charge in [-0.1, -0.05) is 41.9 Å². The lowest BCUT2D eigenvalue weighted by molar-refractivity contribution is 1.27. The maximum atomic E-state index is 6.13. The van der Waals surface area contributed by atoms with Gasteiger partial charge in [0.15, 0.2) is 16.0 Å². The molecule has 0 atom stereocenters. The molecule has 0 saturated heterocycles. The molecule has 2 heterocycles. The highest BCUT2D eigenvalue weighted by atomic mass is 35.5. The van der Waals surface area contributed by atoms with Gasteiger partial charge in [-0.15, -0.1) is 11.3 Å². The Morgan fingerprint density at radius 2 is 2.00 bits per heavy atom. The molecule has 3 rings (SSSR count). The predicted octanol–water partition coefficient (Wildman–Crippen LogP) is 3.85. The van der Waals surface area contributed by atoms with E-state index in [-0.39, 0.29) is 0 Å². The number of hydrogen-bond donors (Lipinski definition) is 1. The van der Waals surface area contributed by atoms with Crippen LogP contribution in [0.4, 0.5) is 0 Å². The molecule has 0 aliphatic heterocycles. The predicted molar refractivity (Wildman–Crippen MR) is 70.1 cm³/mol. The number of benzene rings is 1. The molecule has 0 aliphatic carbocycles. The van der Waals surface area contributed by atoms with Gasteiger partial charge in [-0.25, -0.2) is 9.97 Å². The molecule has 0 radical (unpaired) electrons. The van der Waals surface area contributed by atoms with Gasteiger partial charge < -0.3 is 4.98 Å². The lowest BCUT2D eigenvalue weighted by Gasteiger charge is -1.96. The average molecular weight is 262 g/mol. The van der Waals surface area contributed by atoms with Crippen molar-refractivity contribution in [2.24, 2.45) is 0 Å². The Balaban J connectivity index is 2.08. The molecule has 0 aliphatic rings. The van der Waals surface area contributed by atoms with Gasteiger partial charge in [0, 0.05) is 17.1 Å². The summed E-state index contributed by atoms with van der Waals surface area (Å²) in [7, 11) is 0. The molecule has 1 aromatic carbocycles. The smallest absolute Gasteiger partial charge is 0.168 e. The standard InChI is InChI=1S/C12H8ClN3S/c13-10-9(8-4-2-1-3-5-8)15-11(16-10)12-14-6-7-17-12/h1-7H,(H,15,16). The summed E-state index contributed by atoms with van der Waals surface area (Å²) in [5.74, 6) is 0.712. The van der Waals surface area contributed by atoms with E-state index >= 15 is 0 Å². The topological polar surface area (TPSA) is 41.6 Å². The summed E-state index contributed by atoms with van der Waals surface area (Å²) in [4.78, 5) is 11.7. The van der Waals surface area contributed by atoms with Crippen LogP contribution in [0, 0.1) is 0 Å². The SMILES string of the molecule is Clc1nc(-c2nccs2)[nH]c1-c1ccccc1. The Bertz CT molecular complexity index is 617. The summed E-state index contributed by atoms with van der Waals surface area (Å²) >= 11 is 7.66. The molecule has 0 saturated carbocycles. The second-order valence-electron chi connectivity index (χ2n) is 3.45. The van der Waals surface area contributed by atoms with Crippen LogP contribution in [0.1, 0.15) is 0 Å². The Morgan fingerprint density at radius 3 is 2.71 bits per heavy atom. The zero-order chi connectivity index (χ0) is 11.7. The van der Waals surface area contributed by atoms with Crippen molar-refractivity contribution in [3.63, 3.8) is 0 Å². The van der Waals surface area contributed by atoms with Gasteiger partial charge >= 0.3 is 0 Å². The Hall–Kier alpha value is -1.65. The molecule has 0 unspecified atom stereocenters. The minimum atomic E-state index is 0.474. The molecule has 0 amide bonds. The number of aromatic amines is 1. The van der Waals surface area contributed by atoms with Gasteiger partial charge in [0.1, 0.15) is 0 Å². The Labute approximate surface area is 107 Å². The van der Waals surface area contributed by atoms with Gasteiger partial charge in [0.25, 0.3) is 0 Å². The molecule has 0 bridgehead atoms. The van der Waals surface area contributed by atoms with E-state index in [9.17, 15) is 0 Å². The van der Waals surface area contributed by atoms with Gasteiger partial charge in [-0.05, 0) is 0 Å². The summed E-state index contributed by atoms with van der Waals surface area (Å²) in [5.41, 5.74) is 1.85. The van der Waals surface area contributed by atoms with E-state index in [1.54, 1.807) is 6.20 Å². The summed E-state index contributed by atoms with van der Waals surface area (Å²) in [5, 5.41) is 3.23. The molecule has 0 fully saturated rings. The summed E-state index contributed by atoms with van der Waals surface area (Å²) in [6.45, 7) is 0. The van der Waals surface area contributed by atoms with E-state index in [0.29, 0.717) is 11.0 Å². The van der Waals surface area contributed by atoms with Crippen molar-refractivity contribution < 1.29 is 0 Å². The van der Waals surface area contributed by atoms with E-state index in [4.69, 9.17) is 11.6 Å². The largest absolute Gasteiger partial charge is 0.335 e. The second-order valence-corrected chi connectivity index (χ2v) is 4.71. The van der Waals surface area contributed by atoms with Crippen LogP contribution in [-0.2, 0) is 0 Å². The van der Waals surface area contributed by atoms with Gasteiger partial charge in [0.05, 0.1) is 5.69 Å². The monoisotopic (exact) mass is 261 g/mol. The third-order valence-corrected chi connectivity index (χ3v) is 3.41. The first-order chi connectivity index (χ1) is 8.34. The number of imidazole rings is 1. The number of hydrogen-bond acceptors (Lipinski definition) is 3. The first kappa shape index (κ1) is 10.5. The van der Waals surface area contributed by atoms with Crippen molar-refractivity contribution in [3.8, 4) is 22.1 Å². The van der Waals surface area contributed by atoms with E-state index < -0.39 is 0 Å². The van der Waals surface area contributed by atoms with Crippen LogP contribution in [-0.4, -0.2) is 15.0 Å². The number of nitrogens with one attached hydrogen (secondary N) is 1. The van der Waals surface area contributed by atoms with Crippen LogP contribution in [0.2, 0.25) is 5.15 Å². The zero-order valence-corrected chi connectivity index (χ0v) is 10.3. The highest BCUT2D eigenvalue weighted by Crippen LogP contribution is 2.29. The van der Waals surface area contributed by atoms with Crippen LogP contribution < -0.4 is 0 Å². The first-order valence-electron chi connectivity index (χ1n) is 5.05. The summed E-state index contributed by atoms with van der Waals surface area (Å²) < 4.78 is 0. The minimum absolute atomic E-state index is 0.474. The third kappa shape index (κ3) is 1.97. The summed E-state index contributed by atoms with van der Waals surface area (Å²) in [6.07, 6.45) is 1.75. The number of aromatic nitrogens is 3. The van der Waals surface area contributed by atoms with Crippen molar-refractivity contribution in [2.75, 3.05) is 0 Å².